The Kier molecular flexibility index (Phi) is 8.56. The fourth-order valence-corrected chi connectivity index (χ4v) is 4.42. The maximum absolute atomic E-state index is 12.2. The molecule has 2 atom stereocenters. The first-order chi connectivity index (χ1) is 13.9. The number of hydrogen-bond acceptors (Lipinski definition) is 5. The molecule has 0 unspecified atom stereocenters. The number of nitrogens with zero attached hydrogens (tertiary/aromatic N) is 1. The minimum Gasteiger partial charge on any atom is -0.372 e. The number of unbranched alkanes of at least 4 members (excludes halogenated alkanes) is 1. The van der Waals surface area contributed by atoms with Crippen LogP contribution in [0.3, 0.4) is 0 Å². The molecule has 1 fully saturated rings. The number of nitrogens with one attached hydrogen (secondary N) is 2. The molecular weight excluding hydrogens is 426 g/mol. The smallest absolute Gasteiger partial charge is 0.224 e. The van der Waals surface area contributed by atoms with Crippen molar-refractivity contribution in [3.63, 3.8) is 0 Å². The van der Waals surface area contributed by atoms with Crippen molar-refractivity contribution >= 4 is 38.9 Å². The Labute approximate surface area is 185 Å². The highest BCUT2D eigenvalue weighted by molar-refractivity contribution is 7.90. The average molecular weight is 460 g/mol. The Hall–Kier alpha value is -1.35. The van der Waals surface area contributed by atoms with Gasteiger partial charge in [-0.15, -0.1) is 0 Å². The highest BCUT2D eigenvalue weighted by atomic mass is 35.5. The standard InChI is InChI=1S/C21H34ClN3O4S/c1-15-13-25(14-16(2)29-15)19-10-9-17(12-18(19)22)24-20(26)8-6-7-11-23-30(27,28)21(3,4)5/h9-10,12,15-16,23H,6-8,11,13-14H2,1-5H3,(H,24,26)/t15-,16+. The first-order valence-corrected chi connectivity index (χ1v) is 12.2. The summed E-state index contributed by atoms with van der Waals surface area (Å²) >= 11 is 6.47. The van der Waals surface area contributed by atoms with Crippen LogP contribution in [0.1, 0.15) is 53.9 Å². The third-order valence-electron chi connectivity index (χ3n) is 4.92. The van der Waals surface area contributed by atoms with Gasteiger partial charge in [-0.2, -0.15) is 0 Å². The van der Waals surface area contributed by atoms with E-state index in [1.165, 1.54) is 0 Å². The molecule has 7 nitrogen and oxygen atoms in total. The lowest BCUT2D eigenvalue weighted by molar-refractivity contribution is -0.116. The molecule has 1 aliphatic heterocycles. The largest absolute Gasteiger partial charge is 0.372 e. The van der Waals surface area contributed by atoms with Gasteiger partial charge >= 0.3 is 0 Å². The minimum absolute atomic E-state index is 0.119. The van der Waals surface area contributed by atoms with Crippen LogP contribution in [0.15, 0.2) is 18.2 Å². The molecule has 9 heteroatoms. The fraction of sp³-hybridized carbons (Fsp3) is 0.667. The van der Waals surface area contributed by atoms with Gasteiger partial charge < -0.3 is 15.0 Å². The fourth-order valence-electron chi connectivity index (χ4n) is 3.27. The Bertz CT molecular complexity index is 829. The molecule has 0 spiro atoms. The van der Waals surface area contributed by atoms with Crippen LogP contribution in [0.4, 0.5) is 11.4 Å². The molecule has 1 aromatic rings. The Balaban J connectivity index is 1.80. The van der Waals surface area contributed by atoms with Crippen molar-refractivity contribution in [2.45, 2.75) is 70.8 Å². The summed E-state index contributed by atoms with van der Waals surface area (Å²) in [6.07, 6.45) is 1.77. The van der Waals surface area contributed by atoms with E-state index >= 15 is 0 Å². The van der Waals surface area contributed by atoms with E-state index in [-0.39, 0.29) is 18.1 Å². The van der Waals surface area contributed by atoms with Crippen molar-refractivity contribution in [3.8, 4) is 0 Å². The maximum Gasteiger partial charge on any atom is 0.224 e. The molecule has 1 aliphatic rings. The molecule has 2 rings (SSSR count). The first kappa shape index (κ1) is 24.9. The van der Waals surface area contributed by atoms with Gasteiger partial charge in [0.2, 0.25) is 15.9 Å². The second-order valence-corrected chi connectivity index (χ2v) is 11.8. The normalized spacial score (nSPS) is 20.3. The van der Waals surface area contributed by atoms with Gasteiger partial charge in [0.15, 0.2) is 0 Å². The predicted octanol–water partition coefficient (Wildman–Crippen LogP) is 3.78. The van der Waals surface area contributed by atoms with Crippen molar-refractivity contribution in [3.05, 3.63) is 23.2 Å². The van der Waals surface area contributed by atoms with E-state index in [0.717, 1.165) is 18.8 Å². The number of benzene rings is 1. The Morgan fingerprint density at radius 1 is 1.20 bits per heavy atom. The average Bonchev–Trinajstić information content (AvgIpc) is 2.59. The van der Waals surface area contributed by atoms with E-state index in [1.807, 2.05) is 26.0 Å². The third-order valence-corrected chi connectivity index (χ3v) is 7.42. The molecule has 0 aliphatic carbocycles. The van der Waals surface area contributed by atoms with Crippen molar-refractivity contribution in [1.82, 2.24) is 4.72 Å². The summed E-state index contributed by atoms with van der Waals surface area (Å²) in [7, 11) is -3.35. The number of hydrogen-bond donors (Lipinski definition) is 2. The summed E-state index contributed by atoms with van der Waals surface area (Å²) < 4.78 is 31.5. The van der Waals surface area contributed by atoms with E-state index in [2.05, 4.69) is 14.9 Å². The number of morpholine rings is 1. The van der Waals surface area contributed by atoms with Gasteiger partial charge in [0.1, 0.15) is 0 Å². The van der Waals surface area contributed by atoms with E-state index in [9.17, 15) is 13.2 Å². The van der Waals surface area contributed by atoms with Gasteiger partial charge in [-0.3, -0.25) is 4.79 Å². The van der Waals surface area contributed by atoms with Crippen LogP contribution in [0, 0.1) is 0 Å². The van der Waals surface area contributed by atoms with Crippen LogP contribution >= 0.6 is 11.6 Å². The summed E-state index contributed by atoms with van der Waals surface area (Å²) in [5, 5.41) is 3.45. The quantitative estimate of drug-likeness (QED) is 0.577. The molecule has 0 saturated carbocycles. The lowest BCUT2D eigenvalue weighted by atomic mass is 10.2. The van der Waals surface area contributed by atoms with Crippen LogP contribution in [0.5, 0.6) is 0 Å². The summed E-state index contributed by atoms with van der Waals surface area (Å²) in [5.74, 6) is -0.119. The zero-order valence-corrected chi connectivity index (χ0v) is 20.1. The molecule has 170 valence electrons. The van der Waals surface area contributed by atoms with Crippen molar-refractivity contribution in [2.75, 3.05) is 29.9 Å². The zero-order valence-electron chi connectivity index (χ0n) is 18.5. The highest BCUT2D eigenvalue weighted by Gasteiger charge is 2.28. The van der Waals surface area contributed by atoms with Gasteiger partial charge in [-0.25, -0.2) is 13.1 Å². The number of sulfonamides is 1. The van der Waals surface area contributed by atoms with Crippen LogP contribution in [-0.4, -0.2) is 50.9 Å². The molecule has 0 bridgehead atoms. The molecule has 1 heterocycles. The van der Waals surface area contributed by atoms with Gasteiger partial charge in [-0.05, 0) is 65.7 Å². The van der Waals surface area contributed by atoms with Crippen molar-refractivity contribution < 1.29 is 17.9 Å². The van der Waals surface area contributed by atoms with E-state index in [0.29, 0.717) is 36.5 Å². The number of carbonyl (C=O) groups excluding carboxylic acids is 1. The second-order valence-electron chi connectivity index (χ2n) is 8.84. The topological polar surface area (TPSA) is 87.7 Å². The minimum atomic E-state index is -3.35. The summed E-state index contributed by atoms with van der Waals surface area (Å²) in [5.41, 5.74) is 1.58. The van der Waals surface area contributed by atoms with Crippen LogP contribution < -0.4 is 14.9 Å². The monoisotopic (exact) mass is 459 g/mol. The second kappa shape index (κ2) is 10.3. The van der Waals surface area contributed by atoms with E-state index in [4.69, 9.17) is 16.3 Å². The molecule has 0 radical (unpaired) electrons. The number of carbonyl (C=O) groups is 1. The summed E-state index contributed by atoms with van der Waals surface area (Å²) in [4.78, 5) is 14.4. The lowest BCUT2D eigenvalue weighted by Crippen LogP contribution is -2.45. The molecule has 1 saturated heterocycles. The molecule has 0 aromatic heterocycles. The van der Waals surface area contributed by atoms with Gasteiger partial charge in [0.25, 0.3) is 0 Å². The Morgan fingerprint density at radius 2 is 1.83 bits per heavy atom. The summed E-state index contributed by atoms with van der Waals surface area (Å²) in [6.45, 7) is 10.9. The maximum atomic E-state index is 12.2. The molecule has 2 N–H and O–H groups in total. The number of amides is 1. The third kappa shape index (κ3) is 7.11. The lowest BCUT2D eigenvalue weighted by Gasteiger charge is -2.37. The van der Waals surface area contributed by atoms with Crippen molar-refractivity contribution in [2.24, 2.45) is 0 Å². The number of halogens is 1. The Morgan fingerprint density at radius 3 is 2.40 bits per heavy atom. The van der Waals surface area contributed by atoms with Crippen LogP contribution in [0.2, 0.25) is 5.02 Å². The number of anilines is 2. The molecule has 1 amide bonds. The SMILES string of the molecule is C[C@@H]1CN(c2ccc(NC(=O)CCCCNS(=O)(=O)C(C)(C)C)cc2Cl)C[C@H](C)O1. The highest BCUT2D eigenvalue weighted by Crippen LogP contribution is 2.31. The number of rotatable bonds is 8. The summed E-state index contributed by atoms with van der Waals surface area (Å²) in [6, 6.07) is 5.53. The molecular formula is C21H34ClN3O4S. The first-order valence-electron chi connectivity index (χ1n) is 10.4. The van der Waals surface area contributed by atoms with Crippen LogP contribution in [0.25, 0.3) is 0 Å². The number of ether oxygens (including phenoxy) is 1. The van der Waals surface area contributed by atoms with Gasteiger partial charge in [0.05, 0.1) is 27.7 Å². The van der Waals surface area contributed by atoms with E-state index in [1.54, 1.807) is 26.8 Å². The van der Waals surface area contributed by atoms with Crippen molar-refractivity contribution in [1.29, 1.82) is 0 Å². The van der Waals surface area contributed by atoms with Gasteiger partial charge in [0, 0.05) is 31.7 Å². The molecule has 1 aromatic carbocycles. The zero-order chi connectivity index (χ0) is 22.5. The van der Waals surface area contributed by atoms with E-state index < -0.39 is 14.8 Å². The molecule has 30 heavy (non-hydrogen) atoms. The van der Waals surface area contributed by atoms with Crippen LogP contribution in [-0.2, 0) is 19.6 Å². The van der Waals surface area contributed by atoms with Gasteiger partial charge in [-0.1, -0.05) is 11.6 Å². The predicted molar refractivity (Wildman–Crippen MR) is 123 cm³/mol.